The van der Waals surface area contributed by atoms with Gasteiger partial charge in [-0.25, -0.2) is 0 Å². The zero-order valence-electron chi connectivity index (χ0n) is 13.4. The molecule has 116 valence electrons. The molecule has 0 aromatic carbocycles. The van der Waals surface area contributed by atoms with Gasteiger partial charge in [0.15, 0.2) is 0 Å². The first kappa shape index (κ1) is 20.7. The number of hydrogen-bond acceptors (Lipinski definition) is 2. The maximum absolute atomic E-state index is 10.6. The van der Waals surface area contributed by atoms with Gasteiger partial charge in [-0.2, -0.15) is 0 Å². The average molecular weight is 274 g/mol. The molecule has 0 bridgehead atoms. The fourth-order valence-electron chi connectivity index (χ4n) is 1.79. The molecule has 0 unspecified atom stereocenters. The monoisotopic (exact) mass is 274 g/mol. The summed E-state index contributed by atoms with van der Waals surface area (Å²) in [5.74, 6) is -0.163. The number of quaternary nitrogens is 1. The molecule has 0 saturated carbocycles. The Bertz CT molecular complexity index is 201. The lowest BCUT2D eigenvalue weighted by Crippen LogP contribution is -2.32. The number of primary amides is 1. The maximum atomic E-state index is 10.6. The van der Waals surface area contributed by atoms with Gasteiger partial charge in [-0.3, -0.25) is 4.79 Å². The number of amides is 1. The van der Waals surface area contributed by atoms with Gasteiger partial charge in [0.2, 0.25) is 5.91 Å². The summed E-state index contributed by atoms with van der Waals surface area (Å²) in [6.07, 6.45) is 10.2. The van der Waals surface area contributed by atoms with Crippen LogP contribution in [0.25, 0.3) is 0 Å². The van der Waals surface area contributed by atoms with Crippen molar-refractivity contribution in [2.24, 2.45) is 5.73 Å². The van der Waals surface area contributed by atoms with E-state index in [0.29, 0.717) is 6.42 Å². The van der Waals surface area contributed by atoms with Gasteiger partial charge < -0.3 is 15.6 Å². The predicted octanol–water partition coefficient (Wildman–Crippen LogP) is 3.58. The van der Waals surface area contributed by atoms with Crippen LogP contribution in [0.2, 0.25) is 0 Å². The first-order chi connectivity index (χ1) is 8.83. The first-order valence-electron chi connectivity index (χ1n) is 7.65. The number of hydrogen-bond donors (Lipinski definition) is 1. The summed E-state index contributed by atoms with van der Waals surface area (Å²) in [7, 11) is 3.31. The molecule has 0 heterocycles. The molecule has 0 rings (SSSR count). The molecule has 0 saturated heterocycles. The highest BCUT2D eigenvalue weighted by Gasteiger charge is 1.95. The Morgan fingerprint density at radius 1 is 0.947 bits per heavy atom. The lowest BCUT2D eigenvalue weighted by atomic mass is 10.1. The van der Waals surface area contributed by atoms with E-state index in [1.54, 1.807) is 14.1 Å². The van der Waals surface area contributed by atoms with Crippen LogP contribution in [0, 0.1) is 5.21 Å². The van der Waals surface area contributed by atoms with Gasteiger partial charge in [-0.1, -0.05) is 52.4 Å². The van der Waals surface area contributed by atoms with Crippen molar-refractivity contribution < 1.29 is 9.44 Å². The Morgan fingerprint density at radius 2 is 1.42 bits per heavy atom. The van der Waals surface area contributed by atoms with Crippen molar-refractivity contribution in [3.63, 3.8) is 0 Å². The topological polar surface area (TPSA) is 66.2 Å². The second-order valence-corrected chi connectivity index (χ2v) is 5.64. The maximum Gasteiger partial charge on any atom is 0.217 e. The number of rotatable bonds is 10. The largest absolute Gasteiger partial charge is 0.633 e. The molecular formula is C15H34N2O2. The third kappa shape index (κ3) is 26.8. The van der Waals surface area contributed by atoms with E-state index in [1.165, 1.54) is 32.1 Å². The molecule has 0 aromatic heterocycles. The minimum Gasteiger partial charge on any atom is -0.633 e. The fourth-order valence-corrected chi connectivity index (χ4v) is 1.79. The van der Waals surface area contributed by atoms with Crippen molar-refractivity contribution >= 4 is 5.91 Å². The van der Waals surface area contributed by atoms with E-state index in [-0.39, 0.29) is 10.6 Å². The number of unbranched alkanes of at least 4 members (excludes halogenated alkanes) is 6. The van der Waals surface area contributed by atoms with E-state index < -0.39 is 0 Å². The van der Waals surface area contributed by atoms with Crippen molar-refractivity contribution in [1.29, 1.82) is 0 Å². The molecule has 0 aliphatic heterocycles. The zero-order chi connectivity index (χ0) is 15.1. The third-order valence-corrected chi connectivity index (χ3v) is 2.79. The smallest absolute Gasteiger partial charge is 0.217 e. The van der Waals surface area contributed by atoms with Gasteiger partial charge in [0.25, 0.3) is 0 Å². The summed E-state index contributed by atoms with van der Waals surface area (Å²) in [4.78, 5) is 10.4. The minimum absolute atomic E-state index is 0.156. The van der Waals surface area contributed by atoms with Crippen LogP contribution in [0.3, 0.4) is 0 Å². The van der Waals surface area contributed by atoms with Crippen LogP contribution >= 0.6 is 0 Å². The van der Waals surface area contributed by atoms with E-state index in [9.17, 15) is 10.0 Å². The van der Waals surface area contributed by atoms with E-state index in [1.807, 2.05) is 6.92 Å². The lowest BCUT2D eigenvalue weighted by molar-refractivity contribution is -0.839. The Hall–Kier alpha value is -0.610. The molecule has 0 aliphatic rings. The van der Waals surface area contributed by atoms with Gasteiger partial charge in [-0.05, 0) is 12.8 Å². The lowest BCUT2D eigenvalue weighted by Gasteiger charge is -2.33. The van der Waals surface area contributed by atoms with Crippen LogP contribution in [0.1, 0.15) is 71.6 Å². The van der Waals surface area contributed by atoms with Gasteiger partial charge in [0, 0.05) is 6.42 Å². The van der Waals surface area contributed by atoms with E-state index in [2.05, 4.69) is 6.92 Å². The number of nitrogens with two attached hydrogens (primary N) is 1. The molecular weight excluding hydrogens is 240 g/mol. The van der Waals surface area contributed by atoms with Crippen LogP contribution in [-0.2, 0) is 4.79 Å². The number of carbonyl (C=O) groups excluding carboxylic acids is 1. The highest BCUT2D eigenvalue weighted by atomic mass is 16.5. The molecule has 19 heavy (non-hydrogen) atoms. The van der Waals surface area contributed by atoms with Crippen LogP contribution in [0.4, 0.5) is 0 Å². The van der Waals surface area contributed by atoms with E-state index >= 15 is 0 Å². The van der Waals surface area contributed by atoms with Gasteiger partial charge in [-0.15, -0.1) is 0 Å². The van der Waals surface area contributed by atoms with E-state index in [0.717, 1.165) is 25.8 Å². The molecule has 0 radical (unpaired) electrons. The Balaban J connectivity index is 0. The number of hydroxylamine groups is 3. The fraction of sp³-hybridized carbons (Fsp3) is 0.933. The predicted molar refractivity (Wildman–Crippen MR) is 82.4 cm³/mol. The average Bonchev–Trinajstić information content (AvgIpc) is 2.27. The molecule has 0 spiro atoms. The molecule has 4 nitrogen and oxygen atoms in total. The SMILES string of the molecule is CCCCCCCCCC(N)=O.CCC[N+](C)(C)[O-]. The normalized spacial score (nSPS) is 10.8. The van der Waals surface area contributed by atoms with Crippen molar-refractivity contribution in [1.82, 2.24) is 0 Å². The summed E-state index contributed by atoms with van der Waals surface area (Å²) in [6, 6.07) is 0. The highest BCUT2D eigenvalue weighted by Crippen LogP contribution is 2.07. The quantitative estimate of drug-likeness (QED) is 0.376. The Kier molecular flexibility index (Phi) is 15.1. The van der Waals surface area contributed by atoms with Gasteiger partial charge >= 0.3 is 0 Å². The van der Waals surface area contributed by atoms with Crippen LogP contribution in [-0.4, -0.2) is 31.2 Å². The van der Waals surface area contributed by atoms with Crippen LogP contribution < -0.4 is 5.73 Å². The van der Waals surface area contributed by atoms with Crippen LogP contribution in [0.5, 0.6) is 0 Å². The molecule has 0 atom stereocenters. The molecule has 0 aromatic rings. The first-order valence-corrected chi connectivity index (χ1v) is 7.65. The number of carbonyl (C=O) groups is 1. The Morgan fingerprint density at radius 3 is 1.74 bits per heavy atom. The molecule has 0 fully saturated rings. The second kappa shape index (κ2) is 13.8. The summed E-state index contributed by atoms with van der Waals surface area (Å²) < 4.78 is -0.156. The zero-order valence-corrected chi connectivity index (χ0v) is 13.4. The molecule has 4 heteroatoms. The minimum atomic E-state index is -0.163. The summed E-state index contributed by atoms with van der Waals surface area (Å²) in [5.41, 5.74) is 5.02. The van der Waals surface area contributed by atoms with Crippen molar-refractivity contribution in [3.8, 4) is 0 Å². The van der Waals surface area contributed by atoms with Gasteiger partial charge in [0.1, 0.15) is 0 Å². The standard InChI is InChI=1S/C10H21NO.C5H13NO/c1-2-3-4-5-6-7-8-9-10(11)12;1-4-5-6(2,3)7/h2-9H2,1H3,(H2,11,12);4-5H2,1-3H3. The highest BCUT2D eigenvalue weighted by molar-refractivity contribution is 5.73. The van der Waals surface area contributed by atoms with Crippen molar-refractivity contribution in [2.45, 2.75) is 71.6 Å². The number of nitrogens with zero attached hydrogens (tertiary/aromatic N) is 1. The Labute approximate surface area is 119 Å². The summed E-state index contributed by atoms with van der Waals surface area (Å²) in [5, 5.41) is 10.6. The van der Waals surface area contributed by atoms with Gasteiger partial charge in [0.05, 0.1) is 20.6 Å². The third-order valence-electron chi connectivity index (χ3n) is 2.79. The molecule has 0 aliphatic carbocycles. The molecule has 1 amide bonds. The van der Waals surface area contributed by atoms with Crippen molar-refractivity contribution in [2.75, 3.05) is 20.6 Å². The summed E-state index contributed by atoms with van der Waals surface area (Å²) in [6.45, 7) is 4.95. The van der Waals surface area contributed by atoms with E-state index in [4.69, 9.17) is 5.73 Å². The summed E-state index contributed by atoms with van der Waals surface area (Å²) >= 11 is 0. The van der Waals surface area contributed by atoms with Crippen molar-refractivity contribution in [3.05, 3.63) is 5.21 Å². The van der Waals surface area contributed by atoms with Crippen LogP contribution in [0.15, 0.2) is 0 Å². The molecule has 2 N–H and O–H groups in total. The second-order valence-electron chi connectivity index (χ2n) is 5.64.